The lowest BCUT2D eigenvalue weighted by Crippen LogP contribution is -2.21. The molecule has 0 bridgehead atoms. The average molecular weight is 293 g/mol. The van der Waals surface area contributed by atoms with Gasteiger partial charge in [0.2, 0.25) is 0 Å². The third-order valence-corrected chi connectivity index (χ3v) is 4.13. The van der Waals surface area contributed by atoms with Crippen molar-refractivity contribution in [3.8, 4) is 5.75 Å². The molecule has 2 aromatic rings. The van der Waals surface area contributed by atoms with E-state index in [1.54, 1.807) is 24.5 Å². The van der Waals surface area contributed by atoms with Crippen molar-refractivity contribution in [3.05, 3.63) is 65.6 Å². The van der Waals surface area contributed by atoms with Crippen LogP contribution < -0.4 is 0 Å². The van der Waals surface area contributed by atoms with Crippen molar-refractivity contribution < 1.29 is 10.2 Å². The predicted octanol–water partition coefficient (Wildman–Crippen LogP) is 2.59. The van der Waals surface area contributed by atoms with Crippen LogP contribution in [0.2, 0.25) is 0 Å². The van der Waals surface area contributed by atoms with E-state index in [0.29, 0.717) is 12.0 Å². The number of aromatic hydroxyl groups is 1. The fourth-order valence-electron chi connectivity index (χ4n) is 3.06. The molecule has 0 radical (unpaired) electrons. The summed E-state index contributed by atoms with van der Waals surface area (Å²) in [6.07, 6.45) is 5.27. The van der Waals surface area contributed by atoms with Crippen molar-refractivity contribution in [2.24, 2.45) is 9.98 Å². The maximum atomic E-state index is 10.5. The topological polar surface area (TPSA) is 70.1 Å². The fraction of sp³-hybridized carbons (Fsp3) is 0.176. The molecule has 2 atom stereocenters. The van der Waals surface area contributed by atoms with Crippen LogP contribution in [0.4, 0.5) is 0 Å². The third-order valence-electron chi connectivity index (χ3n) is 4.13. The number of hydrogen-bond acceptors (Lipinski definition) is 4. The maximum absolute atomic E-state index is 10.5. The summed E-state index contributed by atoms with van der Waals surface area (Å²) in [7, 11) is 0. The number of para-hydroxylation sites is 1. The van der Waals surface area contributed by atoms with Gasteiger partial charge in [-0.2, -0.15) is 0 Å². The van der Waals surface area contributed by atoms with Gasteiger partial charge >= 0.3 is 0 Å². The predicted molar refractivity (Wildman–Crippen MR) is 84.3 cm³/mol. The molecule has 110 valence electrons. The Morgan fingerprint density at radius 3 is 2.91 bits per heavy atom. The summed E-state index contributed by atoms with van der Waals surface area (Å²) in [5, 5.41) is 20.4. The Bertz CT molecular complexity index is 817. The highest BCUT2D eigenvalue weighted by Gasteiger charge is 2.28. The van der Waals surface area contributed by atoms with Gasteiger partial charge in [-0.15, -0.1) is 0 Å². The number of hydrogen-bond donors (Lipinski definition) is 2. The van der Waals surface area contributed by atoms with Crippen LogP contribution in [0.5, 0.6) is 5.75 Å². The summed E-state index contributed by atoms with van der Waals surface area (Å²) in [5.74, 6) is 0.970. The first-order valence-electron chi connectivity index (χ1n) is 7.20. The molecule has 0 fully saturated rings. The van der Waals surface area contributed by atoms with E-state index in [-0.39, 0.29) is 11.7 Å². The monoisotopic (exact) mass is 293 g/mol. The number of aliphatic hydroxyl groups excluding tert-OH is 1. The van der Waals surface area contributed by atoms with E-state index in [1.807, 2.05) is 35.0 Å². The SMILES string of the molecule is Oc1ccccc1C(O)CC1C=C2N=CN=C2n2cccc21. The molecule has 1 aromatic heterocycles. The second-order valence-electron chi connectivity index (χ2n) is 5.47. The maximum Gasteiger partial charge on any atom is 0.164 e. The minimum Gasteiger partial charge on any atom is -0.508 e. The number of aliphatic hydroxyl groups is 1. The Labute approximate surface area is 127 Å². The molecular weight excluding hydrogens is 278 g/mol. The van der Waals surface area contributed by atoms with Gasteiger partial charge in [0.1, 0.15) is 17.8 Å². The second kappa shape index (κ2) is 4.96. The highest BCUT2D eigenvalue weighted by Crippen LogP contribution is 2.36. The van der Waals surface area contributed by atoms with Crippen molar-refractivity contribution in [1.29, 1.82) is 0 Å². The first kappa shape index (κ1) is 13.0. The summed E-state index contributed by atoms with van der Waals surface area (Å²) in [6.45, 7) is 0. The van der Waals surface area contributed by atoms with Crippen LogP contribution in [0.1, 0.15) is 29.7 Å². The molecule has 5 heteroatoms. The molecule has 0 saturated carbocycles. The van der Waals surface area contributed by atoms with E-state index in [9.17, 15) is 10.2 Å². The number of aliphatic imine (C=N–C) groups is 2. The van der Waals surface area contributed by atoms with E-state index >= 15 is 0 Å². The molecule has 22 heavy (non-hydrogen) atoms. The molecule has 3 heterocycles. The summed E-state index contributed by atoms with van der Waals surface area (Å²) in [6, 6.07) is 10.9. The summed E-state index contributed by atoms with van der Waals surface area (Å²) < 4.78 is 2.00. The number of benzene rings is 1. The van der Waals surface area contributed by atoms with Crippen LogP contribution in [0.25, 0.3) is 0 Å². The number of phenolic OH excluding ortho intramolecular Hbond substituents is 1. The molecule has 5 nitrogen and oxygen atoms in total. The van der Waals surface area contributed by atoms with Gasteiger partial charge < -0.3 is 14.8 Å². The zero-order chi connectivity index (χ0) is 15.1. The molecule has 4 rings (SSSR count). The van der Waals surface area contributed by atoms with Gasteiger partial charge in [0.25, 0.3) is 0 Å². The highest BCUT2D eigenvalue weighted by molar-refractivity contribution is 6.08. The lowest BCUT2D eigenvalue weighted by molar-refractivity contribution is 0.158. The van der Waals surface area contributed by atoms with Gasteiger partial charge in [0, 0.05) is 23.4 Å². The zero-order valence-corrected chi connectivity index (χ0v) is 11.8. The number of rotatable bonds is 3. The van der Waals surface area contributed by atoms with E-state index in [1.165, 1.54) is 0 Å². The molecule has 0 saturated heterocycles. The van der Waals surface area contributed by atoms with Crippen LogP contribution in [0.3, 0.4) is 0 Å². The first-order valence-corrected chi connectivity index (χ1v) is 7.20. The third kappa shape index (κ3) is 1.98. The Balaban J connectivity index is 1.66. The molecule has 2 unspecified atom stereocenters. The van der Waals surface area contributed by atoms with Gasteiger partial charge in [-0.3, -0.25) is 0 Å². The van der Waals surface area contributed by atoms with Gasteiger partial charge in [0.15, 0.2) is 5.84 Å². The summed E-state index contributed by atoms with van der Waals surface area (Å²) in [5.41, 5.74) is 2.45. The Morgan fingerprint density at radius 2 is 2.05 bits per heavy atom. The van der Waals surface area contributed by atoms with Gasteiger partial charge in [-0.1, -0.05) is 18.2 Å². The second-order valence-corrected chi connectivity index (χ2v) is 5.47. The average Bonchev–Trinajstić information content (AvgIpc) is 3.15. The standard InChI is InChI=1S/C17H15N3O2/c21-15-6-2-1-4-12(15)16(22)9-11-8-13-17(19-10-18-13)20-7-3-5-14(11)20/h1-8,10-11,16,21-22H,9H2. The van der Waals surface area contributed by atoms with Crippen LogP contribution in [0, 0.1) is 0 Å². The Hall–Kier alpha value is -2.66. The van der Waals surface area contributed by atoms with Gasteiger partial charge in [-0.25, -0.2) is 9.98 Å². The normalized spacial score (nSPS) is 20.1. The number of phenols is 1. The largest absolute Gasteiger partial charge is 0.508 e. The van der Waals surface area contributed by atoms with Crippen LogP contribution in [-0.2, 0) is 0 Å². The van der Waals surface area contributed by atoms with Crippen molar-refractivity contribution in [3.63, 3.8) is 0 Å². The van der Waals surface area contributed by atoms with E-state index < -0.39 is 6.10 Å². The van der Waals surface area contributed by atoms with E-state index in [2.05, 4.69) is 9.98 Å². The Morgan fingerprint density at radius 1 is 1.18 bits per heavy atom. The molecule has 0 spiro atoms. The zero-order valence-electron chi connectivity index (χ0n) is 11.8. The van der Waals surface area contributed by atoms with Gasteiger partial charge in [-0.05, 0) is 30.7 Å². The van der Waals surface area contributed by atoms with Gasteiger partial charge in [0.05, 0.1) is 6.10 Å². The van der Waals surface area contributed by atoms with Crippen LogP contribution in [0.15, 0.2) is 64.4 Å². The van der Waals surface area contributed by atoms with Crippen molar-refractivity contribution in [1.82, 2.24) is 4.57 Å². The molecule has 0 aliphatic carbocycles. The molecule has 2 N–H and O–H groups in total. The molecule has 2 aliphatic rings. The molecular formula is C17H15N3O2. The highest BCUT2D eigenvalue weighted by atomic mass is 16.3. The van der Waals surface area contributed by atoms with Crippen molar-refractivity contribution in [2.75, 3.05) is 0 Å². The minimum absolute atomic E-state index is 0.0220. The molecule has 2 aliphatic heterocycles. The first-order chi connectivity index (χ1) is 10.7. The number of allylic oxidation sites excluding steroid dienone is 2. The van der Waals surface area contributed by atoms with Crippen molar-refractivity contribution in [2.45, 2.75) is 18.4 Å². The van der Waals surface area contributed by atoms with Crippen molar-refractivity contribution >= 4 is 12.2 Å². The lowest BCUT2D eigenvalue weighted by atomic mass is 9.91. The Kier molecular flexibility index (Phi) is 2.94. The molecule has 1 aromatic carbocycles. The lowest BCUT2D eigenvalue weighted by Gasteiger charge is -2.24. The smallest absolute Gasteiger partial charge is 0.164 e. The fourth-order valence-corrected chi connectivity index (χ4v) is 3.06. The van der Waals surface area contributed by atoms with Crippen LogP contribution >= 0.6 is 0 Å². The minimum atomic E-state index is -0.740. The number of aromatic nitrogens is 1. The molecule has 0 amide bonds. The number of nitrogens with zero attached hydrogens (tertiary/aromatic N) is 3. The van der Waals surface area contributed by atoms with E-state index in [0.717, 1.165) is 17.2 Å². The van der Waals surface area contributed by atoms with Crippen LogP contribution in [-0.4, -0.2) is 27.0 Å². The summed E-state index contributed by atoms with van der Waals surface area (Å²) >= 11 is 0. The summed E-state index contributed by atoms with van der Waals surface area (Å²) in [4.78, 5) is 8.54. The van der Waals surface area contributed by atoms with E-state index in [4.69, 9.17) is 0 Å². The quantitative estimate of drug-likeness (QED) is 0.913. The number of fused-ring (bicyclic) bond motifs is 3.